The largest absolute Gasteiger partial charge is 0.404 e. The van der Waals surface area contributed by atoms with Gasteiger partial charge in [0.05, 0.1) is 11.6 Å². The number of fused-ring (bicyclic) bond motifs is 4. The van der Waals surface area contributed by atoms with Crippen LogP contribution in [0.5, 0.6) is 0 Å². The molecule has 2 aromatic carbocycles. The summed E-state index contributed by atoms with van der Waals surface area (Å²) in [7, 11) is -2.12. The molecule has 0 spiro atoms. The normalized spacial score (nSPS) is 26.6. The molecule has 1 unspecified atom stereocenters. The van der Waals surface area contributed by atoms with Crippen LogP contribution >= 0.6 is 0 Å². The van der Waals surface area contributed by atoms with E-state index >= 15 is 0 Å². The lowest BCUT2D eigenvalue weighted by Gasteiger charge is -2.52. The predicted molar refractivity (Wildman–Crippen MR) is 131 cm³/mol. The molecule has 0 amide bonds. The number of para-hydroxylation sites is 1. The standard InChI is InChI=1S/C27H32N2OSi/c1-4-20-19-29-17-15-21(20)18-26(29)27(30-31(2,3)22-10-6-5-7-11-22)24-14-16-28-25-13-9-8-12-23(24)25/h4-14,16,20-21,26-27H,1,15,17-19H2,2-3H3/t20-,21-,26-,27+/m0/s1. The van der Waals surface area contributed by atoms with E-state index in [9.17, 15) is 0 Å². The van der Waals surface area contributed by atoms with Crippen LogP contribution in [0.4, 0.5) is 0 Å². The minimum absolute atomic E-state index is 0.0448. The number of benzene rings is 2. The summed E-state index contributed by atoms with van der Waals surface area (Å²) < 4.78 is 7.22. The molecule has 3 aliphatic heterocycles. The van der Waals surface area contributed by atoms with E-state index in [1.54, 1.807) is 0 Å². The Labute approximate surface area is 186 Å². The first kappa shape index (κ1) is 20.6. The molecule has 3 fully saturated rings. The molecule has 31 heavy (non-hydrogen) atoms. The number of hydrogen-bond donors (Lipinski definition) is 0. The van der Waals surface area contributed by atoms with Crippen molar-refractivity contribution < 1.29 is 4.43 Å². The zero-order valence-corrected chi connectivity index (χ0v) is 19.6. The third kappa shape index (κ3) is 3.89. The van der Waals surface area contributed by atoms with Crippen LogP contribution in [0.25, 0.3) is 10.9 Å². The van der Waals surface area contributed by atoms with Gasteiger partial charge in [-0.3, -0.25) is 9.88 Å². The maximum atomic E-state index is 7.22. The number of pyridine rings is 1. The summed E-state index contributed by atoms with van der Waals surface area (Å²) in [6.07, 6.45) is 6.62. The highest BCUT2D eigenvalue weighted by molar-refractivity contribution is 6.84. The van der Waals surface area contributed by atoms with Gasteiger partial charge in [0.2, 0.25) is 8.32 Å². The number of rotatable bonds is 6. The van der Waals surface area contributed by atoms with Crippen molar-refractivity contribution in [2.45, 2.75) is 38.1 Å². The fourth-order valence-electron chi connectivity index (χ4n) is 5.63. The van der Waals surface area contributed by atoms with Gasteiger partial charge in [-0.05, 0) is 67.2 Å². The smallest absolute Gasteiger partial charge is 0.219 e. The molecule has 0 N–H and O–H groups in total. The lowest BCUT2D eigenvalue weighted by Crippen LogP contribution is -2.57. The van der Waals surface area contributed by atoms with Crippen molar-refractivity contribution in [2.24, 2.45) is 11.8 Å². The predicted octanol–water partition coefficient (Wildman–Crippen LogP) is 5.30. The van der Waals surface area contributed by atoms with Crippen LogP contribution in [0, 0.1) is 11.8 Å². The molecule has 160 valence electrons. The second kappa shape index (κ2) is 8.34. The number of hydrogen-bond acceptors (Lipinski definition) is 3. The topological polar surface area (TPSA) is 25.4 Å². The first-order valence-corrected chi connectivity index (χ1v) is 14.4. The highest BCUT2D eigenvalue weighted by Gasteiger charge is 2.45. The van der Waals surface area contributed by atoms with Crippen LogP contribution in [-0.2, 0) is 4.43 Å². The molecule has 3 aromatic rings. The van der Waals surface area contributed by atoms with Crippen molar-refractivity contribution in [3.63, 3.8) is 0 Å². The van der Waals surface area contributed by atoms with E-state index in [-0.39, 0.29) is 6.10 Å². The Morgan fingerprint density at radius 3 is 2.61 bits per heavy atom. The Hall–Kier alpha value is -2.27. The minimum Gasteiger partial charge on any atom is -0.404 e. The fraction of sp³-hybridized carbons (Fsp3) is 0.370. The van der Waals surface area contributed by atoms with Gasteiger partial charge in [0.15, 0.2) is 0 Å². The van der Waals surface area contributed by atoms with Crippen LogP contribution in [0.1, 0.15) is 24.5 Å². The molecular weight excluding hydrogens is 396 g/mol. The van der Waals surface area contributed by atoms with Crippen molar-refractivity contribution in [2.75, 3.05) is 13.1 Å². The van der Waals surface area contributed by atoms with Gasteiger partial charge in [-0.2, -0.15) is 0 Å². The Bertz CT molecular complexity index is 1060. The Morgan fingerprint density at radius 1 is 1.10 bits per heavy atom. The fourth-order valence-corrected chi connectivity index (χ4v) is 7.68. The first-order valence-electron chi connectivity index (χ1n) is 11.5. The molecule has 5 atom stereocenters. The van der Waals surface area contributed by atoms with E-state index in [2.05, 4.69) is 96.3 Å². The molecule has 3 saturated heterocycles. The third-order valence-corrected chi connectivity index (χ3v) is 9.95. The molecule has 2 bridgehead atoms. The van der Waals surface area contributed by atoms with Crippen LogP contribution in [0.2, 0.25) is 13.1 Å². The van der Waals surface area contributed by atoms with Gasteiger partial charge in [0.1, 0.15) is 0 Å². The number of aromatic nitrogens is 1. The molecule has 1 aromatic heterocycles. The van der Waals surface area contributed by atoms with E-state index < -0.39 is 8.32 Å². The van der Waals surface area contributed by atoms with Crippen molar-refractivity contribution in [3.05, 3.63) is 85.1 Å². The molecule has 4 heteroatoms. The second-order valence-electron chi connectivity index (χ2n) is 9.58. The average molecular weight is 429 g/mol. The quantitative estimate of drug-likeness (QED) is 0.393. The molecule has 0 aliphatic carbocycles. The van der Waals surface area contributed by atoms with Gasteiger partial charge in [-0.25, -0.2) is 0 Å². The van der Waals surface area contributed by atoms with Crippen molar-refractivity contribution in [1.82, 2.24) is 9.88 Å². The van der Waals surface area contributed by atoms with Gasteiger partial charge in [0.25, 0.3) is 0 Å². The van der Waals surface area contributed by atoms with Crippen molar-refractivity contribution >= 4 is 24.4 Å². The molecular formula is C27H32N2OSi. The number of nitrogens with zero attached hydrogens (tertiary/aromatic N) is 2. The minimum atomic E-state index is -2.12. The Kier molecular flexibility index (Phi) is 5.55. The van der Waals surface area contributed by atoms with Gasteiger partial charge in [-0.15, -0.1) is 6.58 Å². The zero-order valence-electron chi connectivity index (χ0n) is 18.6. The van der Waals surface area contributed by atoms with Crippen molar-refractivity contribution in [3.8, 4) is 0 Å². The first-order chi connectivity index (χ1) is 15.1. The van der Waals surface area contributed by atoms with Crippen LogP contribution < -0.4 is 5.19 Å². The van der Waals surface area contributed by atoms with Gasteiger partial charge in [-0.1, -0.05) is 54.6 Å². The summed E-state index contributed by atoms with van der Waals surface area (Å²) in [4.78, 5) is 7.29. The third-order valence-electron chi connectivity index (χ3n) is 7.38. The summed E-state index contributed by atoms with van der Waals surface area (Å²) >= 11 is 0. The van der Waals surface area contributed by atoms with Gasteiger partial charge in [0, 0.05) is 24.2 Å². The van der Waals surface area contributed by atoms with Gasteiger partial charge >= 0.3 is 0 Å². The molecule has 4 heterocycles. The van der Waals surface area contributed by atoms with E-state index in [0.717, 1.165) is 18.6 Å². The average Bonchev–Trinajstić information content (AvgIpc) is 2.83. The molecule has 3 aliphatic rings. The van der Waals surface area contributed by atoms with Crippen LogP contribution in [0.3, 0.4) is 0 Å². The lowest BCUT2D eigenvalue weighted by molar-refractivity contribution is -0.0377. The molecule has 6 rings (SSSR count). The second-order valence-corrected chi connectivity index (χ2v) is 13.4. The highest BCUT2D eigenvalue weighted by Crippen LogP contribution is 2.44. The lowest BCUT2D eigenvalue weighted by atomic mass is 9.73. The maximum Gasteiger partial charge on any atom is 0.219 e. The molecule has 3 nitrogen and oxygen atoms in total. The number of piperidine rings is 3. The summed E-state index contributed by atoms with van der Waals surface area (Å²) in [5.41, 5.74) is 2.34. The van der Waals surface area contributed by atoms with Crippen LogP contribution in [0.15, 0.2) is 79.5 Å². The summed E-state index contributed by atoms with van der Waals surface area (Å²) in [5, 5.41) is 2.56. The van der Waals surface area contributed by atoms with Crippen molar-refractivity contribution in [1.29, 1.82) is 0 Å². The Balaban J connectivity index is 1.57. The molecule has 0 saturated carbocycles. The van der Waals surface area contributed by atoms with Gasteiger partial charge < -0.3 is 4.43 Å². The van der Waals surface area contributed by atoms with E-state index in [1.165, 1.54) is 29.0 Å². The SMILES string of the molecule is C=C[C@H]1CN2CC[C@H]1C[C@H]2[C@H](O[Si](C)(C)c1ccccc1)c1ccnc2ccccc12. The van der Waals surface area contributed by atoms with E-state index in [4.69, 9.17) is 4.43 Å². The summed E-state index contributed by atoms with van der Waals surface area (Å²) in [5.74, 6) is 1.33. The maximum absolute atomic E-state index is 7.22. The summed E-state index contributed by atoms with van der Waals surface area (Å²) in [6.45, 7) is 11.1. The Morgan fingerprint density at radius 2 is 1.87 bits per heavy atom. The monoisotopic (exact) mass is 428 g/mol. The zero-order chi connectivity index (χ0) is 21.4. The van der Waals surface area contributed by atoms with E-state index in [1.807, 2.05) is 6.20 Å². The van der Waals surface area contributed by atoms with E-state index in [0.29, 0.717) is 17.9 Å². The summed E-state index contributed by atoms with van der Waals surface area (Å²) in [6, 6.07) is 21.9. The van der Waals surface area contributed by atoms with Crippen LogP contribution in [-0.4, -0.2) is 37.3 Å². The highest BCUT2D eigenvalue weighted by atomic mass is 28.4. The molecule has 0 radical (unpaired) electrons.